The lowest BCUT2D eigenvalue weighted by atomic mass is 10.1. The average Bonchev–Trinajstić information content (AvgIpc) is 2.44. The van der Waals surface area contributed by atoms with Crippen LogP contribution in [0.4, 0.5) is 0 Å². The van der Waals surface area contributed by atoms with Crippen molar-refractivity contribution in [2.24, 2.45) is 0 Å². The number of nitrogens with zero attached hydrogens (tertiary/aromatic N) is 2. The molecule has 1 unspecified atom stereocenters. The molecule has 15 heavy (non-hydrogen) atoms. The normalized spacial score (nSPS) is 24.7. The molecule has 0 bridgehead atoms. The van der Waals surface area contributed by atoms with Gasteiger partial charge in [-0.05, 0) is 40.5 Å². The molecule has 1 aliphatic rings. The summed E-state index contributed by atoms with van der Waals surface area (Å²) in [4.78, 5) is 2.17. The quantitative estimate of drug-likeness (QED) is 0.667. The van der Waals surface area contributed by atoms with E-state index in [1.807, 2.05) is 0 Å². The van der Waals surface area contributed by atoms with Gasteiger partial charge in [-0.15, -0.1) is 0 Å². The molecule has 1 fully saturated rings. The third kappa shape index (κ3) is 3.81. The summed E-state index contributed by atoms with van der Waals surface area (Å²) in [7, 11) is 0. The van der Waals surface area contributed by atoms with Gasteiger partial charge >= 0.3 is 0 Å². The van der Waals surface area contributed by atoms with E-state index in [-0.39, 0.29) is 5.60 Å². The summed E-state index contributed by atoms with van der Waals surface area (Å²) in [5.74, 6) is 0. The van der Waals surface area contributed by atoms with Gasteiger partial charge in [0.2, 0.25) is 0 Å². The van der Waals surface area contributed by atoms with Crippen molar-refractivity contribution in [3.63, 3.8) is 0 Å². The Morgan fingerprint density at radius 3 is 2.60 bits per heavy atom. The molecule has 0 radical (unpaired) electrons. The van der Waals surface area contributed by atoms with E-state index in [9.17, 15) is 0 Å². The molecular formula is C12H22N2O. The molecule has 0 aromatic rings. The molecule has 1 aliphatic heterocycles. The van der Waals surface area contributed by atoms with Gasteiger partial charge in [-0.2, -0.15) is 5.26 Å². The predicted octanol–water partition coefficient (Wildman–Crippen LogP) is 2.18. The first-order valence-corrected chi connectivity index (χ1v) is 5.73. The molecule has 0 amide bonds. The van der Waals surface area contributed by atoms with E-state index in [4.69, 9.17) is 10.00 Å². The topological polar surface area (TPSA) is 36.3 Å². The molecule has 1 heterocycles. The van der Waals surface area contributed by atoms with Crippen molar-refractivity contribution in [1.29, 1.82) is 5.26 Å². The fourth-order valence-corrected chi connectivity index (χ4v) is 2.02. The fourth-order valence-electron chi connectivity index (χ4n) is 2.02. The van der Waals surface area contributed by atoms with Crippen LogP contribution in [0, 0.1) is 11.3 Å². The fraction of sp³-hybridized carbons (Fsp3) is 0.917. The Morgan fingerprint density at radius 1 is 1.53 bits per heavy atom. The standard InChI is InChI=1S/C12H22N2O/c1-10(2)14(8-7-13)9-11-5-6-12(3,4)15-11/h10-11H,5-6,8-9H2,1-4H3. The highest BCUT2D eigenvalue weighted by atomic mass is 16.5. The highest BCUT2D eigenvalue weighted by Gasteiger charge is 2.32. The Hall–Kier alpha value is -0.590. The van der Waals surface area contributed by atoms with Gasteiger partial charge in [-0.25, -0.2) is 0 Å². The molecule has 0 aromatic carbocycles. The largest absolute Gasteiger partial charge is 0.371 e. The maximum Gasteiger partial charge on any atom is 0.0869 e. The van der Waals surface area contributed by atoms with Crippen molar-refractivity contribution in [1.82, 2.24) is 4.90 Å². The zero-order chi connectivity index (χ0) is 11.5. The highest BCUT2D eigenvalue weighted by molar-refractivity contribution is 4.86. The van der Waals surface area contributed by atoms with Gasteiger partial charge in [-0.1, -0.05) is 0 Å². The van der Waals surface area contributed by atoms with Crippen molar-refractivity contribution < 1.29 is 4.74 Å². The van der Waals surface area contributed by atoms with Crippen molar-refractivity contribution >= 4 is 0 Å². The molecule has 3 nitrogen and oxygen atoms in total. The third-order valence-electron chi connectivity index (χ3n) is 3.00. The molecule has 1 atom stereocenters. The molecule has 0 spiro atoms. The first kappa shape index (κ1) is 12.5. The van der Waals surface area contributed by atoms with E-state index in [1.54, 1.807) is 0 Å². The third-order valence-corrected chi connectivity index (χ3v) is 3.00. The van der Waals surface area contributed by atoms with Gasteiger partial charge in [0.05, 0.1) is 24.3 Å². The van der Waals surface area contributed by atoms with E-state index >= 15 is 0 Å². The number of nitriles is 1. The minimum Gasteiger partial charge on any atom is -0.371 e. The summed E-state index contributed by atoms with van der Waals surface area (Å²) in [6.45, 7) is 9.90. The Kier molecular flexibility index (Phi) is 4.12. The lowest BCUT2D eigenvalue weighted by Crippen LogP contribution is -2.38. The van der Waals surface area contributed by atoms with Crippen LogP contribution in [0.1, 0.15) is 40.5 Å². The molecule has 0 N–H and O–H groups in total. The molecule has 1 rings (SSSR count). The zero-order valence-corrected chi connectivity index (χ0v) is 10.3. The lowest BCUT2D eigenvalue weighted by molar-refractivity contribution is -0.0304. The monoisotopic (exact) mass is 210 g/mol. The Balaban J connectivity index is 2.43. The highest BCUT2D eigenvalue weighted by Crippen LogP contribution is 2.29. The van der Waals surface area contributed by atoms with Gasteiger partial charge < -0.3 is 4.74 Å². The van der Waals surface area contributed by atoms with Gasteiger partial charge in [0.1, 0.15) is 0 Å². The van der Waals surface area contributed by atoms with Gasteiger partial charge in [-0.3, -0.25) is 4.90 Å². The second-order valence-corrected chi connectivity index (χ2v) is 5.22. The van der Waals surface area contributed by atoms with Crippen LogP contribution in [-0.4, -0.2) is 35.7 Å². The van der Waals surface area contributed by atoms with Crippen molar-refractivity contribution in [2.75, 3.05) is 13.1 Å². The molecule has 3 heteroatoms. The van der Waals surface area contributed by atoms with Crippen LogP contribution in [0.15, 0.2) is 0 Å². The van der Waals surface area contributed by atoms with Gasteiger partial charge in [0, 0.05) is 12.6 Å². The summed E-state index contributed by atoms with van der Waals surface area (Å²) in [5.41, 5.74) is 0.0277. The number of hydrogen-bond donors (Lipinski definition) is 0. The maximum atomic E-state index is 8.73. The van der Waals surface area contributed by atoms with E-state index < -0.39 is 0 Å². The Labute approximate surface area is 93.0 Å². The maximum absolute atomic E-state index is 8.73. The van der Waals surface area contributed by atoms with E-state index in [2.05, 4.69) is 38.7 Å². The second kappa shape index (κ2) is 4.96. The minimum atomic E-state index is 0.0277. The molecule has 0 saturated carbocycles. The minimum absolute atomic E-state index is 0.0277. The SMILES string of the molecule is CC(C)N(CC#N)CC1CCC(C)(C)O1. The van der Waals surface area contributed by atoms with Crippen molar-refractivity contribution in [3.05, 3.63) is 0 Å². The first-order chi connectivity index (χ1) is 6.94. The smallest absolute Gasteiger partial charge is 0.0869 e. The molecule has 1 saturated heterocycles. The van der Waals surface area contributed by atoms with Gasteiger partial charge in [0.15, 0.2) is 0 Å². The first-order valence-electron chi connectivity index (χ1n) is 5.73. The second-order valence-electron chi connectivity index (χ2n) is 5.22. The number of rotatable bonds is 4. The molecule has 0 aliphatic carbocycles. The Morgan fingerprint density at radius 2 is 2.20 bits per heavy atom. The van der Waals surface area contributed by atoms with Crippen molar-refractivity contribution in [3.8, 4) is 6.07 Å². The van der Waals surface area contributed by atoms with Crippen LogP contribution in [0.2, 0.25) is 0 Å². The summed E-state index contributed by atoms with van der Waals surface area (Å²) in [6, 6.07) is 2.63. The molecule has 0 aromatic heterocycles. The van der Waals surface area contributed by atoms with Crippen LogP contribution in [0.3, 0.4) is 0 Å². The molecular weight excluding hydrogens is 188 g/mol. The average molecular weight is 210 g/mol. The zero-order valence-electron chi connectivity index (χ0n) is 10.3. The Bertz CT molecular complexity index is 242. The predicted molar refractivity (Wildman–Crippen MR) is 60.5 cm³/mol. The van der Waals surface area contributed by atoms with E-state index in [0.717, 1.165) is 19.4 Å². The summed E-state index contributed by atoms with van der Waals surface area (Å²) in [5, 5.41) is 8.73. The van der Waals surface area contributed by atoms with E-state index in [1.165, 1.54) is 0 Å². The van der Waals surface area contributed by atoms with Crippen LogP contribution >= 0.6 is 0 Å². The molecule has 86 valence electrons. The summed E-state index contributed by atoms with van der Waals surface area (Å²) >= 11 is 0. The number of hydrogen-bond acceptors (Lipinski definition) is 3. The van der Waals surface area contributed by atoms with Crippen LogP contribution < -0.4 is 0 Å². The van der Waals surface area contributed by atoms with Crippen molar-refractivity contribution in [2.45, 2.75) is 58.3 Å². The van der Waals surface area contributed by atoms with Gasteiger partial charge in [0.25, 0.3) is 0 Å². The lowest BCUT2D eigenvalue weighted by Gasteiger charge is -2.27. The number of ether oxygens (including phenoxy) is 1. The van der Waals surface area contributed by atoms with E-state index in [0.29, 0.717) is 18.7 Å². The van der Waals surface area contributed by atoms with Crippen LogP contribution in [0.25, 0.3) is 0 Å². The van der Waals surface area contributed by atoms with Crippen LogP contribution in [0.5, 0.6) is 0 Å². The van der Waals surface area contributed by atoms with Crippen LogP contribution in [-0.2, 0) is 4.74 Å². The summed E-state index contributed by atoms with van der Waals surface area (Å²) in [6.07, 6.45) is 2.54. The summed E-state index contributed by atoms with van der Waals surface area (Å²) < 4.78 is 5.92.